The largest absolute Gasteiger partial charge is 0.334 e. The van der Waals surface area contributed by atoms with Gasteiger partial charge in [0, 0.05) is 21.7 Å². The zero-order valence-electron chi connectivity index (χ0n) is 15.8. The number of carbonyl (C=O) groups excluding carboxylic acids is 2. The molecule has 2 N–H and O–H groups in total. The molecule has 4 rings (SSSR count). The van der Waals surface area contributed by atoms with Crippen LogP contribution in [0.25, 0.3) is 0 Å². The normalized spacial score (nSPS) is 19.5. The number of benzene rings is 3. The molecule has 1 saturated heterocycles. The average molecular weight is 423 g/mol. The standard InChI is InChI=1S/C23H17ClFN3O2/c24-18-10-8-17(9-11-18)22(29)26-20-21(16-4-2-1-3-5-16)28(27-23(20)30)14-15-6-12-19(25)13-7-15/h1-14,20-21H,(H-,26,27,29,30)/p+1/b28-14-/t20-,21+/m0/s1. The summed E-state index contributed by atoms with van der Waals surface area (Å²) in [5.41, 5.74) is 4.75. The van der Waals surface area contributed by atoms with E-state index in [2.05, 4.69) is 10.7 Å². The monoisotopic (exact) mass is 422 g/mol. The van der Waals surface area contributed by atoms with Crippen LogP contribution in [0.1, 0.15) is 27.5 Å². The second kappa shape index (κ2) is 8.47. The Kier molecular flexibility index (Phi) is 5.59. The molecule has 2 atom stereocenters. The molecule has 30 heavy (non-hydrogen) atoms. The predicted octanol–water partition coefficient (Wildman–Crippen LogP) is 3.50. The van der Waals surface area contributed by atoms with Crippen LogP contribution in [0, 0.1) is 5.82 Å². The molecule has 3 aromatic carbocycles. The van der Waals surface area contributed by atoms with Crippen molar-refractivity contribution in [2.45, 2.75) is 12.1 Å². The lowest BCUT2D eigenvalue weighted by atomic mass is 10.00. The van der Waals surface area contributed by atoms with Gasteiger partial charge in [0.15, 0.2) is 6.04 Å². The van der Waals surface area contributed by atoms with E-state index >= 15 is 0 Å². The van der Waals surface area contributed by atoms with Gasteiger partial charge in [0.05, 0.1) is 0 Å². The van der Waals surface area contributed by atoms with Gasteiger partial charge in [-0.05, 0) is 48.5 Å². The molecule has 0 bridgehead atoms. The maximum atomic E-state index is 13.2. The van der Waals surface area contributed by atoms with Crippen molar-refractivity contribution in [3.8, 4) is 0 Å². The third-order valence-electron chi connectivity index (χ3n) is 4.83. The summed E-state index contributed by atoms with van der Waals surface area (Å²) < 4.78 is 14.9. The fraction of sp³-hybridized carbons (Fsp3) is 0.0870. The van der Waals surface area contributed by atoms with E-state index in [1.807, 2.05) is 30.3 Å². The lowest BCUT2D eigenvalue weighted by Gasteiger charge is -2.14. The minimum Gasteiger partial charge on any atom is -0.334 e. The SMILES string of the molecule is O=C(N[C@@H]1C(=O)N/[N+](=C\c2ccc(F)cc2)[C@@H]1c1ccccc1)c1ccc(Cl)cc1. The summed E-state index contributed by atoms with van der Waals surface area (Å²) >= 11 is 5.89. The molecular weight excluding hydrogens is 405 g/mol. The molecule has 5 nitrogen and oxygen atoms in total. The number of nitrogens with zero attached hydrogens (tertiary/aromatic N) is 1. The van der Waals surface area contributed by atoms with E-state index in [-0.39, 0.29) is 17.6 Å². The molecule has 0 radical (unpaired) electrons. The molecule has 1 aliphatic rings. The Morgan fingerprint density at radius 1 is 1.00 bits per heavy atom. The molecule has 0 aromatic heterocycles. The topological polar surface area (TPSA) is 61.2 Å². The predicted molar refractivity (Wildman–Crippen MR) is 112 cm³/mol. The highest BCUT2D eigenvalue weighted by Gasteiger charge is 2.47. The zero-order valence-corrected chi connectivity index (χ0v) is 16.5. The van der Waals surface area contributed by atoms with E-state index in [1.165, 1.54) is 12.1 Å². The Labute approximate surface area is 177 Å². The van der Waals surface area contributed by atoms with Gasteiger partial charge < -0.3 is 5.32 Å². The fourth-order valence-corrected chi connectivity index (χ4v) is 3.49. The molecule has 150 valence electrons. The quantitative estimate of drug-likeness (QED) is 0.632. The first-order valence-electron chi connectivity index (χ1n) is 9.32. The molecule has 7 heteroatoms. The van der Waals surface area contributed by atoms with Gasteiger partial charge in [-0.3, -0.25) is 9.59 Å². The molecule has 0 spiro atoms. The smallest absolute Gasteiger partial charge is 0.304 e. The Hall–Kier alpha value is -3.51. The van der Waals surface area contributed by atoms with Gasteiger partial charge in [0.1, 0.15) is 5.82 Å². The van der Waals surface area contributed by atoms with Crippen molar-refractivity contribution in [1.29, 1.82) is 0 Å². The molecule has 1 heterocycles. The Morgan fingerprint density at radius 3 is 2.33 bits per heavy atom. The van der Waals surface area contributed by atoms with Gasteiger partial charge in [-0.15, -0.1) is 10.1 Å². The van der Waals surface area contributed by atoms with Crippen LogP contribution in [0.2, 0.25) is 5.02 Å². The first-order chi connectivity index (χ1) is 14.5. The average Bonchev–Trinajstić information content (AvgIpc) is 3.05. The maximum absolute atomic E-state index is 13.2. The van der Waals surface area contributed by atoms with Gasteiger partial charge in [0.2, 0.25) is 12.3 Å². The number of carbonyl (C=O) groups is 2. The third kappa shape index (κ3) is 4.23. The number of nitrogens with one attached hydrogen (secondary N) is 2. The Bertz CT molecular complexity index is 1100. The number of hydrazine groups is 1. The van der Waals surface area contributed by atoms with Crippen molar-refractivity contribution in [1.82, 2.24) is 10.7 Å². The third-order valence-corrected chi connectivity index (χ3v) is 5.08. The molecular formula is C23H18ClFN3O2+. The van der Waals surface area contributed by atoms with Crippen LogP contribution in [0.4, 0.5) is 4.39 Å². The van der Waals surface area contributed by atoms with E-state index in [0.29, 0.717) is 16.1 Å². The summed E-state index contributed by atoms with van der Waals surface area (Å²) in [6, 6.07) is 20.4. The molecule has 1 aliphatic heterocycles. The number of rotatable bonds is 4. The Balaban J connectivity index is 1.68. The van der Waals surface area contributed by atoms with E-state index < -0.39 is 12.1 Å². The van der Waals surface area contributed by atoms with Crippen LogP contribution in [-0.4, -0.2) is 28.8 Å². The van der Waals surface area contributed by atoms with Crippen LogP contribution in [-0.2, 0) is 4.79 Å². The van der Waals surface area contributed by atoms with Crippen molar-refractivity contribution in [3.63, 3.8) is 0 Å². The van der Waals surface area contributed by atoms with Crippen LogP contribution >= 0.6 is 11.6 Å². The first kappa shape index (κ1) is 19.8. The first-order valence-corrected chi connectivity index (χ1v) is 9.70. The van der Waals surface area contributed by atoms with Crippen molar-refractivity contribution in [2.75, 3.05) is 0 Å². The molecule has 3 aromatic rings. The second-order valence-corrected chi connectivity index (χ2v) is 7.31. The summed E-state index contributed by atoms with van der Waals surface area (Å²) in [6.07, 6.45) is 1.71. The molecule has 1 fully saturated rings. The van der Waals surface area contributed by atoms with Crippen LogP contribution in [0.15, 0.2) is 78.9 Å². The molecule has 0 unspecified atom stereocenters. The van der Waals surface area contributed by atoms with E-state index in [9.17, 15) is 14.0 Å². The number of hydrogen-bond donors (Lipinski definition) is 2. The number of halogens is 2. The van der Waals surface area contributed by atoms with Crippen LogP contribution < -0.4 is 10.7 Å². The highest BCUT2D eigenvalue weighted by Crippen LogP contribution is 2.25. The number of hydrazone groups is 1. The molecule has 2 amide bonds. The summed E-state index contributed by atoms with van der Waals surface area (Å²) in [5.74, 6) is -1.06. The zero-order chi connectivity index (χ0) is 21.1. The van der Waals surface area contributed by atoms with Crippen molar-refractivity contribution < 1.29 is 18.7 Å². The number of amides is 2. The lowest BCUT2D eigenvalue weighted by Crippen LogP contribution is -2.42. The van der Waals surface area contributed by atoms with Gasteiger partial charge in [-0.2, -0.15) is 0 Å². The number of hydrogen-bond acceptors (Lipinski definition) is 2. The molecule has 0 saturated carbocycles. The lowest BCUT2D eigenvalue weighted by molar-refractivity contribution is -0.596. The van der Waals surface area contributed by atoms with Gasteiger partial charge in [-0.25, -0.2) is 4.39 Å². The minimum atomic E-state index is -0.827. The fourth-order valence-electron chi connectivity index (χ4n) is 3.37. The minimum absolute atomic E-state index is 0.342. The summed E-state index contributed by atoms with van der Waals surface area (Å²) in [4.78, 5) is 25.5. The van der Waals surface area contributed by atoms with Crippen LogP contribution in [0.3, 0.4) is 0 Å². The summed E-state index contributed by atoms with van der Waals surface area (Å²) in [7, 11) is 0. The maximum Gasteiger partial charge on any atom is 0.304 e. The van der Waals surface area contributed by atoms with E-state index in [1.54, 1.807) is 47.3 Å². The van der Waals surface area contributed by atoms with Crippen LogP contribution in [0.5, 0.6) is 0 Å². The van der Waals surface area contributed by atoms with Gasteiger partial charge in [-0.1, -0.05) is 41.9 Å². The van der Waals surface area contributed by atoms with E-state index in [4.69, 9.17) is 11.6 Å². The van der Waals surface area contributed by atoms with Crippen molar-refractivity contribution >= 4 is 29.6 Å². The Morgan fingerprint density at radius 2 is 1.67 bits per heavy atom. The summed E-state index contributed by atoms with van der Waals surface area (Å²) in [6.45, 7) is 0. The van der Waals surface area contributed by atoms with Crippen molar-refractivity contribution in [3.05, 3.63) is 106 Å². The molecule has 0 aliphatic carbocycles. The summed E-state index contributed by atoms with van der Waals surface area (Å²) in [5, 5.41) is 3.34. The highest BCUT2D eigenvalue weighted by molar-refractivity contribution is 6.30. The van der Waals surface area contributed by atoms with Gasteiger partial charge in [0.25, 0.3) is 5.91 Å². The highest BCUT2D eigenvalue weighted by atomic mass is 35.5. The second-order valence-electron chi connectivity index (χ2n) is 6.88. The van der Waals surface area contributed by atoms with E-state index in [0.717, 1.165) is 5.56 Å². The van der Waals surface area contributed by atoms with Gasteiger partial charge >= 0.3 is 5.91 Å². The van der Waals surface area contributed by atoms with Crippen molar-refractivity contribution in [2.24, 2.45) is 0 Å².